The van der Waals surface area contributed by atoms with Crippen LogP contribution in [0.25, 0.3) is 0 Å². The van der Waals surface area contributed by atoms with Gasteiger partial charge >= 0.3 is 6.03 Å². The molecule has 0 bridgehead atoms. The Morgan fingerprint density at radius 2 is 1.56 bits per heavy atom. The second-order valence-corrected chi connectivity index (χ2v) is 4.13. The van der Waals surface area contributed by atoms with E-state index in [1.54, 1.807) is 0 Å². The fourth-order valence-corrected chi connectivity index (χ4v) is 1.80. The minimum absolute atomic E-state index is 0.0780. The third-order valence-electron chi connectivity index (χ3n) is 2.81. The molecule has 0 aromatic carbocycles. The molecule has 0 radical (unpaired) electrons. The van der Waals surface area contributed by atoms with E-state index >= 15 is 0 Å². The van der Waals surface area contributed by atoms with Crippen molar-refractivity contribution in [3.8, 4) is 0 Å². The van der Waals surface area contributed by atoms with Crippen molar-refractivity contribution in [2.45, 2.75) is 20.3 Å². The van der Waals surface area contributed by atoms with Crippen LogP contribution in [-0.2, 0) is 0 Å². The van der Waals surface area contributed by atoms with Crippen molar-refractivity contribution in [3.63, 3.8) is 0 Å². The number of hydrogen-bond acceptors (Lipinski definition) is 3. The van der Waals surface area contributed by atoms with Crippen molar-refractivity contribution in [1.82, 2.24) is 21.3 Å². The van der Waals surface area contributed by atoms with Gasteiger partial charge in [-0.25, -0.2) is 4.79 Å². The van der Waals surface area contributed by atoms with Crippen LogP contribution in [0.4, 0.5) is 4.79 Å². The summed E-state index contributed by atoms with van der Waals surface area (Å²) in [5.41, 5.74) is 0.0780. The summed E-state index contributed by atoms with van der Waals surface area (Å²) >= 11 is 0. The molecule has 0 unspecified atom stereocenters. The molecule has 0 aromatic rings. The number of urea groups is 1. The molecule has 0 aliphatic rings. The second-order valence-electron chi connectivity index (χ2n) is 4.13. The maximum absolute atomic E-state index is 11.4. The summed E-state index contributed by atoms with van der Waals surface area (Å²) in [6, 6.07) is -0.0902. The van der Waals surface area contributed by atoms with Crippen LogP contribution in [0, 0.1) is 5.41 Å². The van der Waals surface area contributed by atoms with E-state index in [9.17, 15) is 4.79 Å². The molecule has 0 atom stereocenters. The average Bonchev–Trinajstić information content (AvgIpc) is 2.27. The molecule has 0 spiro atoms. The van der Waals surface area contributed by atoms with Crippen LogP contribution in [0.5, 0.6) is 0 Å². The molecular weight excluding hydrogens is 204 g/mol. The van der Waals surface area contributed by atoms with E-state index in [-0.39, 0.29) is 11.4 Å². The number of nitrogens with one attached hydrogen (secondary N) is 4. The zero-order valence-corrected chi connectivity index (χ0v) is 10.9. The molecule has 2 amide bonds. The van der Waals surface area contributed by atoms with E-state index in [1.165, 1.54) is 0 Å². The van der Waals surface area contributed by atoms with Gasteiger partial charge in [-0.3, -0.25) is 0 Å². The van der Waals surface area contributed by atoms with Crippen LogP contribution in [0.15, 0.2) is 0 Å². The second kappa shape index (κ2) is 8.35. The number of carbonyl (C=O) groups is 1. The zero-order valence-electron chi connectivity index (χ0n) is 10.9. The number of amides is 2. The summed E-state index contributed by atoms with van der Waals surface area (Å²) in [4.78, 5) is 11.4. The van der Waals surface area contributed by atoms with E-state index in [2.05, 4.69) is 28.2 Å². The molecule has 0 saturated carbocycles. The quantitative estimate of drug-likeness (QED) is 0.480. The summed E-state index contributed by atoms with van der Waals surface area (Å²) < 4.78 is 0. The normalized spacial score (nSPS) is 11.2. The van der Waals surface area contributed by atoms with Gasteiger partial charge in [0.1, 0.15) is 0 Å². The van der Waals surface area contributed by atoms with Crippen LogP contribution in [0.3, 0.4) is 0 Å². The minimum Gasteiger partial charge on any atom is -0.338 e. The molecule has 4 N–H and O–H groups in total. The van der Waals surface area contributed by atoms with Crippen molar-refractivity contribution in [2.24, 2.45) is 5.41 Å². The Morgan fingerprint density at radius 1 is 1.00 bits per heavy atom. The standard InChI is InChI=1S/C11H26N4O/c1-5-11(7-12-3,8-13-4)9-15-10(16)14-6-2/h12-13H,5-9H2,1-4H3,(H2,14,15,16). The van der Waals surface area contributed by atoms with Crippen LogP contribution in [-0.4, -0.2) is 46.3 Å². The van der Waals surface area contributed by atoms with Crippen molar-refractivity contribution in [1.29, 1.82) is 0 Å². The maximum atomic E-state index is 11.4. The highest BCUT2D eigenvalue weighted by Gasteiger charge is 2.27. The SMILES string of the molecule is CCNC(=O)NCC(CC)(CNC)CNC. The number of rotatable bonds is 8. The molecule has 0 fully saturated rings. The van der Waals surface area contributed by atoms with Gasteiger partial charge in [-0.2, -0.15) is 0 Å². The molecule has 0 saturated heterocycles. The van der Waals surface area contributed by atoms with E-state index < -0.39 is 0 Å². The number of hydrogen-bond donors (Lipinski definition) is 4. The van der Waals surface area contributed by atoms with Crippen molar-refractivity contribution in [2.75, 3.05) is 40.3 Å². The summed E-state index contributed by atoms with van der Waals surface area (Å²) in [7, 11) is 3.87. The molecule has 0 heterocycles. The fraction of sp³-hybridized carbons (Fsp3) is 0.909. The Labute approximate surface area is 98.7 Å². The van der Waals surface area contributed by atoms with Gasteiger partial charge in [-0.05, 0) is 27.4 Å². The van der Waals surface area contributed by atoms with Crippen LogP contribution in [0.2, 0.25) is 0 Å². The predicted octanol–water partition coefficient (Wildman–Crippen LogP) is 0.141. The van der Waals surface area contributed by atoms with E-state index in [0.29, 0.717) is 13.1 Å². The lowest BCUT2D eigenvalue weighted by molar-refractivity contribution is 0.220. The van der Waals surface area contributed by atoms with Gasteiger partial charge in [0.15, 0.2) is 0 Å². The first-order valence-corrected chi connectivity index (χ1v) is 5.95. The molecular formula is C11H26N4O. The summed E-state index contributed by atoms with van der Waals surface area (Å²) in [5, 5.41) is 12.0. The lowest BCUT2D eigenvalue weighted by Gasteiger charge is -2.32. The summed E-state index contributed by atoms with van der Waals surface area (Å²) in [5.74, 6) is 0. The molecule has 96 valence electrons. The van der Waals surface area contributed by atoms with E-state index in [4.69, 9.17) is 0 Å². The minimum atomic E-state index is -0.0902. The predicted molar refractivity (Wildman–Crippen MR) is 67.7 cm³/mol. The smallest absolute Gasteiger partial charge is 0.314 e. The summed E-state index contributed by atoms with van der Waals surface area (Å²) in [6.45, 7) is 7.16. The van der Waals surface area contributed by atoms with Crippen LogP contribution >= 0.6 is 0 Å². The van der Waals surface area contributed by atoms with Gasteiger partial charge < -0.3 is 21.3 Å². The van der Waals surface area contributed by atoms with Crippen LogP contribution < -0.4 is 21.3 Å². The van der Waals surface area contributed by atoms with Crippen molar-refractivity contribution in [3.05, 3.63) is 0 Å². The lowest BCUT2D eigenvalue weighted by Crippen LogP contribution is -2.50. The van der Waals surface area contributed by atoms with E-state index in [0.717, 1.165) is 19.5 Å². The first-order chi connectivity index (χ1) is 7.64. The fourth-order valence-electron chi connectivity index (χ4n) is 1.80. The van der Waals surface area contributed by atoms with Crippen molar-refractivity contribution >= 4 is 6.03 Å². The lowest BCUT2D eigenvalue weighted by atomic mass is 9.84. The van der Waals surface area contributed by atoms with Gasteiger partial charge in [-0.15, -0.1) is 0 Å². The zero-order chi connectivity index (χ0) is 12.4. The third kappa shape index (κ3) is 5.32. The van der Waals surface area contributed by atoms with Crippen LogP contribution in [0.1, 0.15) is 20.3 Å². The van der Waals surface area contributed by atoms with Gasteiger partial charge in [0, 0.05) is 31.6 Å². The Hall–Kier alpha value is -0.810. The van der Waals surface area contributed by atoms with E-state index in [1.807, 2.05) is 21.0 Å². The first-order valence-electron chi connectivity index (χ1n) is 5.95. The Morgan fingerprint density at radius 3 is 1.94 bits per heavy atom. The Bertz CT molecular complexity index is 190. The Balaban J connectivity index is 4.23. The molecule has 5 nitrogen and oxygen atoms in total. The average molecular weight is 230 g/mol. The third-order valence-corrected chi connectivity index (χ3v) is 2.81. The molecule has 0 aromatic heterocycles. The first kappa shape index (κ1) is 15.2. The largest absolute Gasteiger partial charge is 0.338 e. The van der Waals surface area contributed by atoms with Gasteiger partial charge in [-0.1, -0.05) is 6.92 Å². The topological polar surface area (TPSA) is 65.2 Å². The number of carbonyl (C=O) groups excluding carboxylic acids is 1. The molecule has 5 heteroatoms. The van der Waals surface area contributed by atoms with Gasteiger partial charge in [0.05, 0.1) is 0 Å². The molecule has 0 rings (SSSR count). The molecule has 16 heavy (non-hydrogen) atoms. The highest BCUT2D eigenvalue weighted by atomic mass is 16.2. The van der Waals surface area contributed by atoms with Crippen molar-refractivity contribution < 1.29 is 4.79 Å². The van der Waals surface area contributed by atoms with Gasteiger partial charge in [0.25, 0.3) is 0 Å². The van der Waals surface area contributed by atoms with Gasteiger partial charge in [0.2, 0.25) is 0 Å². The molecule has 0 aliphatic heterocycles. The monoisotopic (exact) mass is 230 g/mol. The highest BCUT2D eigenvalue weighted by molar-refractivity contribution is 5.73. The maximum Gasteiger partial charge on any atom is 0.314 e. The molecule has 0 aliphatic carbocycles. The summed E-state index contributed by atoms with van der Waals surface area (Å²) in [6.07, 6.45) is 1.01. The highest BCUT2D eigenvalue weighted by Crippen LogP contribution is 2.18. The Kier molecular flexibility index (Phi) is 7.93.